The SMILES string of the molecule is COC(OC(C)=O)[SiH2]CCC1CCC2OC2C1. The number of carbonyl (C=O) groups excluding carboxylic acids is 1. The summed E-state index contributed by atoms with van der Waals surface area (Å²) >= 11 is 0. The molecule has 2 aliphatic rings. The lowest BCUT2D eigenvalue weighted by Crippen LogP contribution is -2.26. The van der Waals surface area contributed by atoms with Crippen molar-refractivity contribution in [1.82, 2.24) is 0 Å². The highest BCUT2D eigenvalue weighted by molar-refractivity contribution is 6.36. The number of carbonyl (C=O) groups is 1. The van der Waals surface area contributed by atoms with E-state index >= 15 is 0 Å². The van der Waals surface area contributed by atoms with E-state index in [0.29, 0.717) is 12.2 Å². The molecule has 1 heterocycles. The highest BCUT2D eigenvalue weighted by Crippen LogP contribution is 2.40. The van der Waals surface area contributed by atoms with Gasteiger partial charge in [0.25, 0.3) is 0 Å². The third-order valence-electron chi connectivity index (χ3n) is 3.73. The summed E-state index contributed by atoms with van der Waals surface area (Å²) in [6.45, 7) is 1.44. The maximum absolute atomic E-state index is 10.8. The number of epoxide rings is 1. The fraction of sp³-hybridized carbons (Fsp3) is 0.917. The topological polar surface area (TPSA) is 48.1 Å². The van der Waals surface area contributed by atoms with Gasteiger partial charge in [-0.3, -0.25) is 4.79 Å². The number of esters is 1. The fourth-order valence-corrected chi connectivity index (χ4v) is 4.47. The molecule has 0 aromatic carbocycles. The zero-order valence-electron chi connectivity index (χ0n) is 10.7. The van der Waals surface area contributed by atoms with Gasteiger partial charge in [0.2, 0.25) is 0 Å². The van der Waals surface area contributed by atoms with Crippen LogP contribution in [-0.4, -0.2) is 40.7 Å². The highest BCUT2D eigenvalue weighted by Gasteiger charge is 2.43. The molecule has 2 fully saturated rings. The smallest absolute Gasteiger partial charge is 0.304 e. The van der Waals surface area contributed by atoms with Crippen LogP contribution in [0, 0.1) is 5.92 Å². The van der Waals surface area contributed by atoms with Crippen LogP contribution >= 0.6 is 0 Å². The molecule has 0 amide bonds. The van der Waals surface area contributed by atoms with Crippen LogP contribution in [0.5, 0.6) is 0 Å². The van der Waals surface area contributed by atoms with E-state index in [-0.39, 0.29) is 11.9 Å². The second kappa shape index (κ2) is 5.98. The highest BCUT2D eigenvalue weighted by atomic mass is 28.2. The van der Waals surface area contributed by atoms with Crippen LogP contribution in [0.15, 0.2) is 0 Å². The van der Waals surface area contributed by atoms with Crippen LogP contribution < -0.4 is 0 Å². The Hall–Kier alpha value is -0.393. The molecule has 0 N–H and O–H groups in total. The Morgan fingerprint density at radius 3 is 2.94 bits per heavy atom. The summed E-state index contributed by atoms with van der Waals surface area (Å²) in [5.41, 5.74) is 0. The van der Waals surface area contributed by atoms with Crippen molar-refractivity contribution in [3.8, 4) is 0 Å². The molecule has 4 unspecified atom stereocenters. The van der Waals surface area contributed by atoms with Crippen LogP contribution in [0.4, 0.5) is 0 Å². The molecule has 0 aromatic rings. The van der Waals surface area contributed by atoms with Crippen molar-refractivity contribution in [2.45, 2.75) is 56.8 Å². The van der Waals surface area contributed by atoms with E-state index < -0.39 is 9.52 Å². The molecule has 4 nitrogen and oxygen atoms in total. The van der Waals surface area contributed by atoms with Crippen molar-refractivity contribution in [3.63, 3.8) is 0 Å². The van der Waals surface area contributed by atoms with Gasteiger partial charge in [-0.2, -0.15) is 0 Å². The molecule has 5 heteroatoms. The number of methoxy groups -OCH3 is 1. The molecular formula is C12H22O4Si. The van der Waals surface area contributed by atoms with Crippen LogP contribution in [0.25, 0.3) is 0 Å². The summed E-state index contributed by atoms with van der Waals surface area (Å²) in [6.07, 6.45) is 6.21. The quantitative estimate of drug-likeness (QED) is 0.309. The number of hydrogen-bond acceptors (Lipinski definition) is 4. The van der Waals surface area contributed by atoms with Crippen LogP contribution in [0.2, 0.25) is 6.04 Å². The van der Waals surface area contributed by atoms with Crippen molar-refractivity contribution in [3.05, 3.63) is 0 Å². The molecule has 0 aromatic heterocycles. The number of rotatable bonds is 6. The van der Waals surface area contributed by atoms with Gasteiger partial charge in [-0.05, 0) is 25.2 Å². The number of hydrogen-bond donors (Lipinski definition) is 0. The van der Waals surface area contributed by atoms with Gasteiger partial charge >= 0.3 is 5.97 Å². The van der Waals surface area contributed by atoms with E-state index in [9.17, 15) is 4.79 Å². The molecule has 98 valence electrons. The van der Waals surface area contributed by atoms with E-state index in [1.54, 1.807) is 7.11 Å². The molecule has 0 bridgehead atoms. The normalized spacial score (nSPS) is 33.4. The predicted molar refractivity (Wildman–Crippen MR) is 66.5 cm³/mol. The molecule has 2 rings (SSSR count). The van der Waals surface area contributed by atoms with Crippen molar-refractivity contribution in [1.29, 1.82) is 0 Å². The van der Waals surface area contributed by atoms with E-state index in [2.05, 4.69) is 0 Å². The van der Waals surface area contributed by atoms with Crippen molar-refractivity contribution < 1.29 is 19.0 Å². The average molecular weight is 258 g/mol. The minimum absolute atomic E-state index is 0.235. The summed E-state index contributed by atoms with van der Waals surface area (Å²) in [5, 5.41) is 0. The summed E-state index contributed by atoms with van der Waals surface area (Å²) in [6, 6.07) is 1.19. The molecule has 1 saturated carbocycles. The molecule has 0 spiro atoms. The number of fused-ring (bicyclic) bond motifs is 1. The Bertz CT molecular complexity index is 271. The first-order valence-corrected chi connectivity index (χ1v) is 8.36. The maximum atomic E-state index is 10.8. The molecule has 1 aliphatic heterocycles. The van der Waals surface area contributed by atoms with E-state index in [4.69, 9.17) is 14.2 Å². The predicted octanol–water partition coefficient (Wildman–Crippen LogP) is 1.02. The molecule has 1 aliphatic carbocycles. The zero-order valence-corrected chi connectivity index (χ0v) is 12.1. The first kappa shape index (κ1) is 13.0. The van der Waals surface area contributed by atoms with Crippen LogP contribution in [0.3, 0.4) is 0 Å². The second-order valence-corrected chi connectivity index (χ2v) is 7.05. The minimum atomic E-state index is -0.472. The molecule has 1 saturated heterocycles. The first-order valence-electron chi connectivity index (χ1n) is 6.54. The lowest BCUT2D eigenvalue weighted by Gasteiger charge is -2.20. The number of ether oxygens (including phenoxy) is 3. The monoisotopic (exact) mass is 258 g/mol. The van der Waals surface area contributed by atoms with Gasteiger partial charge in [-0.1, -0.05) is 12.5 Å². The van der Waals surface area contributed by atoms with Crippen molar-refractivity contribution >= 4 is 15.5 Å². The summed E-state index contributed by atoms with van der Waals surface area (Å²) in [5.74, 6) is 0.346. The standard InChI is InChI=1S/C12H22O4Si/c1-8(13)15-12(14-2)17-6-5-9-3-4-10-11(7-9)16-10/h9-12H,3-7,17H2,1-2H3. The molecule has 17 heavy (non-hydrogen) atoms. The average Bonchev–Trinajstić information content (AvgIpc) is 3.05. The van der Waals surface area contributed by atoms with Gasteiger partial charge in [0.05, 0.1) is 12.2 Å². The largest absolute Gasteiger partial charge is 0.441 e. The summed E-state index contributed by atoms with van der Waals surface area (Å²) in [4.78, 5) is 10.8. The van der Waals surface area contributed by atoms with Gasteiger partial charge in [-0.25, -0.2) is 0 Å². The fourth-order valence-electron chi connectivity index (χ4n) is 2.73. The van der Waals surface area contributed by atoms with E-state index in [0.717, 1.165) is 5.92 Å². The minimum Gasteiger partial charge on any atom is -0.441 e. The Morgan fingerprint density at radius 2 is 2.29 bits per heavy atom. The lowest BCUT2D eigenvalue weighted by molar-refractivity contribution is -0.157. The summed E-state index contributed by atoms with van der Waals surface area (Å²) in [7, 11) is 1.14. The third-order valence-corrected chi connectivity index (χ3v) is 5.51. The van der Waals surface area contributed by atoms with Crippen LogP contribution in [-0.2, 0) is 19.0 Å². The Morgan fingerprint density at radius 1 is 1.47 bits per heavy atom. The zero-order chi connectivity index (χ0) is 12.3. The molecule has 4 atom stereocenters. The van der Waals surface area contributed by atoms with Crippen molar-refractivity contribution in [2.75, 3.05) is 7.11 Å². The van der Waals surface area contributed by atoms with E-state index in [1.165, 1.54) is 38.7 Å². The van der Waals surface area contributed by atoms with E-state index in [1.807, 2.05) is 0 Å². The Labute approximate surface area is 105 Å². The molecular weight excluding hydrogens is 236 g/mol. The Balaban J connectivity index is 1.59. The van der Waals surface area contributed by atoms with Gasteiger partial charge < -0.3 is 14.2 Å². The molecule has 0 radical (unpaired) electrons. The summed E-state index contributed by atoms with van der Waals surface area (Å²) < 4.78 is 15.8. The Kier molecular flexibility index (Phi) is 4.59. The third kappa shape index (κ3) is 4.08. The van der Waals surface area contributed by atoms with Gasteiger partial charge in [0, 0.05) is 14.0 Å². The van der Waals surface area contributed by atoms with Crippen molar-refractivity contribution in [2.24, 2.45) is 5.92 Å². The van der Waals surface area contributed by atoms with Gasteiger partial charge in [0.15, 0.2) is 5.91 Å². The van der Waals surface area contributed by atoms with Gasteiger partial charge in [0.1, 0.15) is 9.52 Å². The second-order valence-electron chi connectivity index (χ2n) is 5.10. The van der Waals surface area contributed by atoms with Crippen LogP contribution in [0.1, 0.15) is 32.6 Å². The maximum Gasteiger partial charge on any atom is 0.304 e. The van der Waals surface area contributed by atoms with Gasteiger partial charge in [-0.15, -0.1) is 0 Å². The first-order chi connectivity index (χ1) is 8.19. The lowest BCUT2D eigenvalue weighted by atomic mass is 9.88.